The summed E-state index contributed by atoms with van der Waals surface area (Å²) < 4.78 is 5.11. The van der Waals surface area contributed by atoms with Crippen LogP contribution in [-0.4, -0.2) is 23.6 Å². The van der Waals surface area contributed by atoms with Crippen LogP contribution in [0.2, 0.25) is 0 Å². The van der Waals surface area contributed by atoms with Gasteiger partial charge in [-0.05, 0) is 24.1 Å². The summed E-state index contributed by atoms with van der Waals surface area (Å²) in [6.07, 6.45) is 4.08. The van der Waals surface area contributed by atoms with Crippen molar-refractivity contribution in [2.45, 2.75) is 6.42 Å². The summed E-state index contributed by atoms with van der Waals surface area (Å²) in [7, 11) is 1.66. The van der Waals surface area contributed by atoms with E-state index in [1.807, 2.05) is 24.3 Å². The smallest absolute Gasteiger partial charge is 0.146 e. The van der Waals surface area contributed by atoms with Crippen molar-refractivity contribution in [3.8, 4) is 5.75 Å². The maximum Gasteiger partial charge on any atom is 0.146 e. The fourth-order valence-electron chi connectivity index (χ4n) is 1.59. The Morgan fingerprint density at radius 1 is 1.22 bits per heavy atom. The van der Waals surface area contributed by atoms with Crippen molar-refractivity contribution in [3.63, 3.8) is 0 Å². The summed E-state index contributed by atoms with van der Waals surface area (Å²) in [6.45, 7) is 0.782. The van der Waals surface area contributed by atoms with Crippen molar-refractivity contribution in [3.05, 3.63) is 42.2 Å². The Morgan fingerprint density at radius 3 is 2.67 bits per heavy atom. The predicted molar refractivity (Wildman–Crippen MR) is 71.6 cm³/mol. The molecule has 0 atom stereocenters. The number of methoxy groups -OCH3 is 1. The highest BCUT2D eigenvalue weighted by Crippen LogP contribution is 2.11. The molecule has 0 aliphatic heterocycles. The predicted octanol–water partition coefficient (Wildman–Crippen LogP) is 1.72. The van der Waals surface area contributed by atoms with Crippen LogP contribution in [0.3, 0.4) is 0 Å². The summed E-state index contributed by atoms with van der Waals surface area (Å²) in [5, 5.41) is 3.18. The van der Waals surface area contributed by atoms with Crippen LogP contribution in [0.1, 0.15) is 5.56 Å². The molecule has 2 rings (SSSR count). The van der Waals surface area contributed by atoms with Gasteiger partial charge in [0.15, 0.2) is 0 Å². The number of hydrogen-bond donors (Lipinski definition) is 2. The van der Waals surface area contributed by atoms with E-state index in [9.17, 15) is 0 Å². The molecular formula is C13H16N4O. The van der Waals surface area contributed by atoms with Gasteiger partial charge in [-0.2, -0.15) is 0 Å². The zero-order valence-corrected chi connectivity index (χ0v) is 10.3. The molecule has 0 amide bonds. The minimum atomic E-state index is 0.421. The molecule has 0 radical (unpaired) electrons. The van der Waals surface area contributed by atoms with Crippen molar-refractivity contribution in [2.24, 2.45) is 0 Å². The molecule has 94 valence electrons. The topological polar surface area (TPSA) is 73.1 Å². The van der Waals surface area contributed by atoms with Gasteiger partial charge in [0.1, 0.15) is 17.4 Å². The van der Waals surface area contributed by atoms with Gasteiger partial charge in [0.2, 0.25) is 0 Å². The van der Waals surface area contributed by atoms with E-state index in [0.717, 1.165) is 18.7 Å². The van der Waals surface area contributed by atoms with E-state index in [1.54, 1.807) is 13.3 Å². The molecule has 0 aliphatic rings. The fraction of sp³-hybridized carbons (Fsp3) is 0.231. The Kier molecular flexibility index (Phi) is 3.96. The third-order valence-corrected chi connectivity index (χ3v) is 2.53. The van der Waals surface area contributed by atoms with E-state index in [4.69, 9.17) is 10.5 Å². The Hall–Kier alpha value is -2.30. The molecule has 0 saturated carbocycles. The van der Waals surface area contributed by atoms with Crippen LogP contribution in [0.4, 0.5) is 11.6 Å². The standard InChI is InChI=1S/C13H16N4O/c1-18-11-4-2-10(3-5-11)6-7-16-13-9-15-8-12(14)17-13/h2-5,8-9H,6-7H2,1H3,(H3,14,16,17). The van der Waals surface area contributed by atoms with Gasteiger partial charge < -0.3 is 15.8 Å². The minimum absolute atomic E-state index is 0.421. The number of hydrogen-bond acceptors (Lipinski definition) is 5. The number of ether oxygens (including phenoxy) is 1. The van der Waals surface area contributed by atoms with Crippen LogP contribution in [0, 0.1) is 0 Å². The van der Waals surface area contributed by atoms with Crippen molar-refractivity contribution in [1.82, 2.24) is 9.97 Å². The molecule has 18 heavy (non-hydrogen) atoms. The van der Waals surface area contributed by atoms with Crippen LogP contribution in [-0.2, 0) is 6.42 Å². The average Bonchev–Trinajstić information content (AvgIpc) is 2.40. The second-order valence-corrected chi connectivity index (χ2v) is 3.85. The van der Waals surface area contributed by atoms with Gasteiger partial charge in [0.25, 0.3) is 0 Å². The molecule has 0 saturated heterocycles. The Bertz CT molecular complexity index is 499. The van der Waals surface area contributed by atoms with E-state index in [2.05, 4.69) is 15.3 Å². The van der Waals surface area contributed by atoms with E-state index < -0.39 is 0 Å². The van der Waals surface area contributed by atoms with Gasteiger partial charge >= 0.3 is 0 Å². The molecule has 0 unspecified atom stereocenters. The van der Waals surface area contributed by atoms with Gasteiger partial charge in [-0.1, -0.05) is 12.1 Å². The lowest BCUT2D eigenvalue weighted by Gasteiger charge is -2.06. The lowest BCUT2D eigenvalue weighted by molar-refractivity contribution is 0.414. The summed E-state index contributed by atoms with van der Waals surface area (Å²) in [5.41, 5.74) is 6.78. The second-order valence-electron chi connectivity index (χ2n) is 3.85. The maximum absolute atomic E-state index is 5.55. The first-order valence-corrected chi connectivity index (χ1v) is 5.72. The van der Waals surface area contributed by atoms with E-state index >= 15 is 0 Å². The zero-order chi connectivity index (χ0) is 12.8. The molecule has 1 aromatic carbocycles. The van der Waals surface area contributed by atoms with Gasteiger partial charge in [0.05, 0.1) is 19.5 Å². The van der Waals surface area contributed by atoms with Gasteiger partial charge in [0, 0.05) is 6.54 Å². The Morgan fingerprint density at radius 2 is 2.00 bits per heavy atom. The molecular weight excluding hydrogens is 228 g/mol. The van der Waals surface area contributed by atoms with Crippen LogP contribution >= 0.6 is 0 Å². The van der Waals surface area contributed by atoms with E-state index in [-0.39, 0.29) is 0 Å². The molecule has 5 nitrogen and oxygen atoms in total. The number of nitrogens with one attached hydrogen (secondary N) is 1. The number of benzene rings is 1. The Balaban J connectivity index is 1.84. The molecule has 1 aromatic heterocycles. The summed E-state index contributed by atoms with van der Waals surface area (Å²) in [5.74, 6) is 1.99. The molecule has 1 heterocycles. The molecule has 0 spiro atoms. The minimum Gasteiger partial charge on any atom is -0.497 e. The van der Waals surface area contributed by atoms with Gasteiger partial charge in [-0.3, -0.25) is 4.98 Å². The molecule has 3 N–H and O–H groups in total. The lowest BCUT2D eigenvalue weighted by atomic mass is 10.1. The highest BCUT2D eigenvalue weighted by Gasteiger charge is 1.97. The first kappa shape index (κ1) is 12.2. The number of nitrogens with zero attached hydrogens (tertiary/aromatic N) is 2. The van der Waals surface area contributed by atoms with E-state index in [1.165, 1.54) is 11.8 Å². The second kappa shape index (κ2) is 5.86. The monoisotopic (exact) mass is 244 g/mol. The van der Waals surface area contributed by atoms with Crippen LogP contribution in [0.5, 0.6) is 5.75 Å². The zero-order valence-electron chi connectivity index (χ0n) is 10.3. The lowest BCUT2D eigenvalue weighted by Crippen LogP contribution is -2.07. The number of aromatic nitrogens is 2. The van der Waals surface area contributed by atoms with Gasteiger partial charge in [-0.15, -0.1) is 0 Å². The molecule has 0 aliphatic carbocycles. The van der Waals surface area contributed by atoms with Gasteiger partial charge in [-0.25, -0.2) is 4.98 Å². The Labute approximate surface area is 106 Å². The summed E-state index contributed by atoms with van der Waals surface area (Å²) in [6, 6.07) is 8.00. The van der Waals surface area contributed by atoms with Crippen molar-refractivity contribution >= 4 is 11.6 Å². The molecule has 0 bridgehead atoms. The molecule has 5 heteroatoms. The quantitative estimate of drug-likeness (QED) is 0.837. The van der Waals surface area contributed by atoms with E-state index in [0.29, 0.717) is 11.6 Å². The third-order valence-electron chi connectivity index (χ3n) is 2.53. The number of rotatable bonds is 5. The normalized spacial score (nSPS) is 10.1. The maximum atomic E-state index is 5.55. The van der Waals surface area contributed by atoms with Crippen molar-refractivity contribution in [1.29, 1.82) is 0 Å². The SMILES string of the molecule is COc1ccc(CCNc2cncc(N)n2)cc1. The highest BCUT2D eigenvalue weighted by atomic mass is 16.5. The van der Waals surface area contributed by atoms with Crippen molar-refractivity contribution < 1.29 is 4.74 Å². The molecule has 0 fully saturated rings. The summed E-state index contributed by atoms with van der Waals surface area (Å²) >= 11 is 0. The van der Waals surface area contributed by atoms with Crippen molar-refractivity contribution in [2.75, 3.05) is 24.7 Å². The van der Waals surface area contributed by atoms with Crippen LogP contribution in [0.15, 0.2) is 36.7 Å². The first-order chi connectivity index (χ1) is 8.78. The van der Waals surface area contributed by atoms with Crippen LogP contribution in [0.25, 0.3) is 0 Å². The number of nitrogen functional groups attached to an aromatic ring is 1. The number of anilines is 2. The first-order valence-electron chi connectivity index (χ1n) is 5.72. The third kappa shape index (κ3) is 3.35. The summed E-state index contributed by atoms with van der Waals surface area (Å²) in [4.78, 5) is 8.08. The average molecular weight is 244 g/mol. The number of nitrogens with two attached hydrogens (primary N) is 1. The largest absolute Gasteiger partial charge is 0.497 e. The highest BCUT2D eigenvalue weighted by molar-refractivity contribution is 5.38. The molecule has 2 aromatic rings. The van der Waals surface area contributed by atoms with Crippen LogP contribution < -0.4 is 15.8 Å². The fourth-order valence-corrected chi connectivity index (χ4v) is 1.59.